The van der Waals surface area contributed by atoms with Gasteiger partial charge in [0.15, 0.2) is 0 Å². The molecule has 0 aromatic rings. The number of hydrogen-bond acceptors (Lipinski definition) is 3. The van der Waals surface area contributed by atoms with Crippen LogP contribution >= 0.6 is 0 Å². The van der Waals surface area contributed by atoms with E-state index in [4.69, 9.17) is 0 Å². The van der Waals surface area contributed by atoms with Crippen molar-refractivity contribution in [2.24, 2.45) is 5.92 Å². The molecule has 0 saturated carbocycles. The quantitative estimate of drug-likeness (QED) is 0.710. The van der Waals surface area contributed by atoms with Gasteiger partial charge in [-0.3, -0.25) is 0 Å². The predicted octanol–water partition coefficient (Wildman–Crippen LogP) is 0.478. The third kappa shape index (κ3) is 3.56. The molecule has 0 aliphatic carbocycles. The minimum atomic E-state index is 0.671. The lowest BCUT2D eigenvalue weighted by atomic mass is 10.0. The summed E-state index contributed by atoms with van der Waals surface area (Å²) < 4.78 is 0. The van der Waals surface area contributed by atoms with E-state index in [2.05, 4.69) is 43.1 Å². The van der Waals surface area contributed by atoms with Crippen molar-refractivity contribution < 1.29 is 0 Å². The molecule has 3 nitrogen and oxygen atoms in total. The maximum atomic E-state index is 3.39. The molecule has 1 aliphatic heterocycles. The molecule has 0 spiro atoms. The number of nitrogens with one attached hydrogen (secondary N) is 1. The molecule has 1 N–H and O–H groups in total. The highest BCUT2D eigenvalue weighted by Crippen LogP contribution is 2.10. The Morgan fingerprint density at radius 3 is 2.29 bits per heavy atom. The summed E-state index contributed by atoms with van der Waals surface area (Å²) in [6, 6.07) is 0.671. The van der Waals surface area contributed by atoms with Gasteiger partial charge in [-0.2, -0.15) is 0 Å². The van der Waals surface area contributed by atoms with E-state index in [1.807, 2.05) is 0 Å². The third-order valence-electron chi connectivity index (χ3n) is 3.39. The van der Waals surface area contributed by atoms with Crippen molar-refractivity contribution in [3.8, 4) is 0 Å². The summed E-state index contributed by atoms with van der Waals surface area (Å²) in [4.78, 5) is 4.88. The maximum Gasteiger partial charge on any atom is 0.0107 e. The van der Waals surface area contributed by atoms with Crippen LogP contribution in [-0.4, -0.2) is 62.7 Å². The summed E-state index contributed by atoms with van der Waals surface area (Å²) in [6.07, 6.45) is 0. The molecule has 14 heavy (non-hydrogen) atoms. The molecule has 1 heterocycles. The summed E-state index contributed by atoms with van der Waals surface area (Å²) in [6.45, 7) is 10.6. The molecule has 0 amide bonds. The zero-order valence-electron chi connectivity index (χ0n) is 10.1. The Morgan fingerprint density at radius 1 is 1.21 bits per heavy atom. The molecule has 2 atom stereocenters. The molecule has 3 heteroatoms. The molecule has 1 saturated heterocycles. The lowest BCUT2D eigenvalue weighted by molar-refractivity contribution is 0.157. The van der Waals surface area contributed by atoms with E-state index in [0.717, 1.165) is 19.0 Å². The van der Waals surface area contributed by atoms with Crippen molar-refractivity contribution in [3.63, 3.8) is 0 Å². The molecule has 0 radical (unpaired) electrons. The van der Waals surface area contributed by atoms with E-state index >= 15 is 0 Å². The molecule has 2 unspecified atom stereocenters. The molecular weight excluding hydrogens is 174 g/mol. The van der Waals surface area contributed by atoms with E-state index in [9.17, 15) is 0 Å². The number of piperazine rings is 1. The first kappa shape index (κ1) is 12.0. The van der Waals surface area contributed by atoms with Gasteiger partial charge >= 0.3 is 0 Å². The summed E-state index contributed by atoms with van der Waals surface area (Å²) in [5.41, 5.74) is 0. The summed E-state index contributed by atoms with van der Waals surface area (Å²) in [7, 11) is 4.33. The van der Waals surface area contributed by atoms with Crippen LogP contribution in [0.4, 0.5) is 0 Å². The topological polar surface area (TPSA) is 18.5 Å². The standard InChI is InChI=1S/C11H25N3/c1-10(11(2)13(3)4)9-14-7-5-12-6-8-14/h10-12H,5-9H2,1-4H3. The second kappa shape index (κ2) is 5.69. The van der Waals surface area contributed by atoms with Crippen LogP contribution in [0, 0.1) is 5.92 Å². The van der Waals surface area contributed by atoms with E-state index in [-0.39, 0.29) is 0 Å². The van der Waals surface area contributed by atoms with Crippen molar-refractivity contribution in [1.82, 2.24) is 15.1 Å². The van der Waals surface area contributed by atoms with Crippen LogP contribution in [0.3, 0.4) is 0 Å². The largest absolute Gasteiger partial charge is 0.314 e. The fraction of sp³-hybridized carbons (Fsp3) is 1.00. The minimum absolute atomic E-state index is 0.671. The number of nitrogens with zero attached hydrogens (tertiary/aromatic N) is 2. The normalized spacial score (nSPS) is 23.8. The highest BCUT2D eigenvalue weighted by Gasteiger charge is 2.18. The Kier molecular flexibility index (Phi) is 4.85. The van der Waals surface area contributed by atoms with E-state index in [0.29, 0.717) is 6.04 Å². The zero-order chi connectivity index (χ0) is 10.6. The highest BCUT2D eigenvalue weighted by atomic mass is 15.2. The molecule has 0 bridgehead atoms. The smallest absolute Gasteiger partial charge is 0.0107 e. The van der Waals surface area contributed by atoms with Crippen molar-refractivity contribution >= 4 is 0 Å². The Bertz CT molecular complexity index is 153. The Balaban J connectivity index is 2.27. The second-order valence-corrected chi connectivity index (χ2v) is 4.73. The molecule has 1 aliphatic rings. The van der Waals surface area contributed by atoms with E-state index in [1.165, 1.54) is 19.6 Å². The lowest BCUT2D eigenvalue weighted by Crippen LogP contribution is -2.47. The van der Waals surface area contributed by atoms with Gasteiger partial charge in [0.25, 0.3) is 0 Å². The van der Waals surface area contributed by atoms with Crippen LogP contribution in [0.2, 0.25) is 0 Å². The Labute approximate surface area is 88.5 Å². The summed E-state index contributed by atoms with van der Waals surface area (Å²) in [5, 5.41) is 3.39. The monoisotopic (exact) mass is 199 g/mol. The molecule has 84 valence electrons. The maximum absolute atomic E-state index is 3.39. The Hall–Kier alpha value is -0.120. The van der Waals surface area contributed by atoms with Gasteiger partial charge in [-0.15, -0.1) is 0 Å². The van der Waals surface area contributed by atoms with Gasteiger partial charge in [0.2, 0.25) is 0 Å². The first-order chi connectivity index (χ1) is 6.61. The van der Waals surface area contributed by atoms with Crippen LogP contribution in [0.15, 0.2) is 0 Å². The van der Waals surface area contributed by atoms with Gasteiger partial charge < -0.3 is 15.1 Å². The fourth-order valence-corrected chi connectivity index (χ4v) is 1.96. The summed E-state index contributed by atoms with van der Waals surface area (Å²) >= 11 is 0. The van der Waals surface area contributed by atoms with Gasteiger partial charge in [0.05, 0.1) is 0 Å². The minimum Gasteiger partial charge on any atom is -0.314 e. The van der Waals surface area contributed by atoms with Gasteiger partial charge in [-0.05, 0) is 26.9 Å². The van der Waals surface area contributed by atoms with Crippen LogP contribution in [0.5, 0.6) is 0 Å². The van der Waals surface area contributed by atoms with Gasteiger partial charge in [0, 0.05) is 38.8 Å². The molecule has 0 aromatic heterocycles. The van der Waals surface area contributed by atoms with Crippen molar-refractivity contribution in [1.29, 1.82) is 0 Å². The highest BCUT2D eigenvalue weighted by molar-refractivity contribution is 4.75. The van der Waals surface area contributed by atoms with Crippen molar-refractivity contribution in [2.45, 2.75) is 19.9 Å². The summed E-state index contributed by atoms with van der Waals surface area (Å²) in [5.74, 6) is 0.753. The molecule has 0 aromatic carbocycles. The SMILES string of the molecule is CC(CN1CCNCC1)C(C)N(C)C. The fourth-order valence-electron chi connectivity index (χ4n) is 1.96. The number of rotatable bonds is 4. The zero-order valence-corrected chi connectivity index (χ0v) is 10.1. The molecule has 1 rings (SSSR count). The van der Waals surface area contributed by atoms with Crippen LogP contribution in [-0.2, 0) is 0 Å². The first-order valence-corrected chi connectivity index (χ1v) is 5.70. The van der Waals surface area contributed by atoms with Crippen LogP contribution < -0.4 is 5.32 Å². The second-order valence-electron chi connectivity index (χ2n) is 4.73. The van der Waals surface area contributed by atoms with Gasteiger partial charge in [0.1, 0.15) is 0 Å². The van der Waals surface area contributed by atoms with Crippen molar-refractivity contribution in [2.75, 3.05) is 46.8 Å². The van der Waals surface area contributed by atoms with E-state index in [1.54, 1.807) is 0 Å². The van der Waals surface area contributed by atoms with Gasteiger partial charge in [-0.25, -0.2) is 0 Å². The predicted molar refractivity (Wildman–Crippen MR) is 61.6 cm³/mol. The van der Waals surface area contributed by atoms with E-state index < -0.39 is 0 Å². The molecule has 1 fully saturated rings. The first-order valence-electron chi connectivity index (χ1n) is 5.70. The average Bonchev–Trinajstić information content (AvgIpc) is 2.18. The van der Waals surface area contributed by atoms with Crippen molar-refractivity contribution in [3.05, 3.63) is 0 Å². The van der Waals surface area contributed by atoms with Crippen LogP contribution in [0.25, 0.3) is 0 Å². The average molecular weight is 199 g/mol. The Morgan fingerprint density at radius 2 is 1.79 bits per heavy atom. The number of hydrogen-bond donors (Lipinski definition) is 1. The molecular formula is C11H25N3. The third-order valence-corrected chi connectivity index (χ3v) is 3.39. The lowest BCUT2D eigenvalue weighted by Gasteiger charge is -2.33. The van der Waals surface area contributed by atoms with Crippen LogP contribution in [0.1, 0.15) is 13.8 Å². The van der Waals surface area contributed by atoms with Gasteiger partial charge in [-0.1, -0.05) is 6.92 Å².